The third kappa shape index (κ3) is 1.91. The highest BCUT2D eigenvalue weighted by molar-refractivity contribution is 5.41. The standard InChI is InChI=1S/C12H15N3/c1-9(2)12-6-11(5-4-10(12)3)15-7-13-14-8-15/h4-9H,1-3H3. The van der Waals surface area contributed by atoms with Crippen LogP contribution >= 0.6 is 0 Å². The summed E-state index contributed by atoms with van der Waals surface area (Å²) in [5.41, 5.74) is 3.83. The summed E-state index contributed by atoms with van der Waals surface area (Å²) < 4.78 is 1.92. The van der Waals surface area contributed by atoms with Gasteiger partial charge in [0.25, 0.3) is 0 Å². The summed E-state index contributed by atoms with van der Waals surface area (Å²) >= 11 is 0. The Morgan fingerprint density at radius 2 is 1.80 bits per heavy atom. The maximum absolute atomic E-state index is 3.81. The first-order valence-electron chi connectivity index (χ1n) is 5.14. The predicted octanol–water partition coefficient (Wildman–Crippen LogP) is 2.70. The Morgan fingerprint density at radius 3 is 2.40 bits per heavy atom. The first kappa shape index (κ1) is 9.90. The Morgan fingerprint density at radius 1 is 1.13 bits per heavy atom. The van der Waals surface area contributed by atoms with Gasteiger partial charge < -0.3 is 0 Å². The van der Waals surface area contributed by atoms with Crippen LogP contribution in [0.1, 0.15) is 30.9 Å². The van der Waals surface area contributed by atoms with Gasteiger partial charge in [0.2, 0.25) is 0 Å². The minimum absolute atomic E-state index is 0.543. The molecule has 0 amide bonds. The molecule has 0 saturated carbocycles. The van der Waals surface area contributed by atoms with Gasteiger partial charge in [0, 0.05) is 5.69 Å². The third-order valence-corrected chi connectivity index (χ3v) is 2.60. The van der Waals surface area contributed by atoms with Crippen molar-refractivity contribution >= 4 is 0 Å². The third-order valence-electron chi connectivity index (χ3n) is 2.60. The molecule has 0 spiro atoms. The maximum Gasteiger partial charge on any atom is 0.123 e. The van der Waals surface area contributed by atoms with Gasteiger partial charge in [0.1, 0.15) is 12.7 Å². The van der Waals surface area contributed by atoms with Crippen molar-refractivity contribution in [3.05, 3.63) is 42.0 Å². The fourth-order valence-corrected chi connectivity index (χ4v) is 1.74. The van der Waals surface area contributed by atoms with E-state index in [1.54, 1.807) is 12.7 Å². The molecule has 15 heavy (non-hydrogen) atoms. The van der Waals surface area contributed by atoms with Crippen LogP contribution in [-0.4, -0.2) is 14.8 Å². The number of hydrogen-bond donors (Lipinski definition) is 0. The Labute approximate surface area is 89.8 Å². The molecule has 0 aliphatic heterocycles. The van der Waals surface area contributed by atoms with E-state index in [9.17, 15) is 0 Å². The normalized spacial score (nSPS) is 10.9. The number of aryl methyl sites for hydroxylation is 1. The van der Waals surface area contributed by atoms with Crippen molar-refractivity contribution < 1.29 is 0 Å². The number of nitrogens with zero attached hydrogens (tertiary/aromatic N) is 3. The molecule has 78 valence electrons. The van der Waals surface area contributed by atoms with Gasteiger partial charge in [0.15, 0.2) is 0 Å². The van der Waals surface area contributed by atoms with Crippen molar-refractivity contribution in [2.45, 2.75) is 26.7 Å². The monoisotopic (exact) mass is 201 g/mol. The van der Waals surface area contributed by atoms with E-state index in [4.69, 9.17) is 0 Å². The molecular weight excluding hydrogens is 186 g/mol. The van der Waals surface area contributed by atoms with E-state index in [1.165, 1.54) is 11.1 Å². The van der Waals surface area contributed by atoms with E-state index in [0.29, 0.717) is 5.92 Å². The molecule has 3 nitrogen and oxygen atoms in total. The summed E-state index contributed by atoms with van der Waals surface area (Å²) in [6.45, 7) is 6.56. The van der Waals surface area contributed by atoms with Gasteiger partial charge in [-0.05, 0) is 36.1 Å². The van der Waals surface area contributed by atoms with Crippen molar-refractivity contribution in [2.75, 3.05) is 0 Å². The molecule has 1 aromatic carbocycles. The van der Waals surface area contributed by atoms with E-state index >= 15 is 0 Å². The number of rotatable bonds is 2. The van der Waals surface area contributed by atoms with E-state index in [1.807, 2.05) is 4.57 Å². The average Bonchev–Trinajstić information content (AvgIpc) is 2.71. The molecule has 0 radical (unpaired) electrons. The largest absolute Gasteiger partial charge is 0.288 e. The second-order valence-electron chi connectivity index (χ2n) is 4.06. The van der Waals surface area contributed by atoms with Crippen LogP contribution < -0.4 is 0 Å². The molecule has 2 rings (SSSR count). The second-order valence-corrected chi connectivity index (χ2v) is 4.06. The highest BCUT2D eigenvalue weighted by Gasteiger charge is 2.05. The van der Waals surface area contributed by atoms with Crippen LogP contribution in [0.15, 0.2) is 30.9 Å². The molecule has 0 unspecified atom stereocenters. The molecule has 1 aromatic heterocycles. The van der Waals surface area contributed by atoms with E-state index in [0.717, 1.165) is 5.69 Å². The fraction of sp³-hybridized carbons (Fsp3) is 0.333. The van der Waals surface area contributed by atoms with Gasteiger partial charge in [-0.3, -0.25) is 4.57 Å². The zero-order valence-electron chi connectivity index (χ0n) is 9.31. The topological polar surface area (TPSA) is 30.7 Å². The van der Waals surface area contributed by atoms with Crippen molar-refractivity contribution in [1.29, 1.82) is 0 Å². The van der Waals surface area contributed by atoms with E-state index < -0.39 is 0 Å². The van der Waals surface area contributed by atoms with Crippen LogP contribution in [-0.2, 0) is 0 Å². The van der Waals surface area contributed by atoms with Crippen LogP contribution in [0.5, 0.6) is 0 Å². The van der Waals surface area contributed by atoms with Gasteiger partial charge in [-0.15, -0.1) is 10.2 Å². The molecule has 0 N–H and O–H groups in total. The molecule has 0 bridgehead atoms. The highest BCUT2D eigenvalue weighted by Crippen LogP contribution is 2.21. The molecule has 3 heteroatoms. The first-order chi connectivity index (χ1) is 7.18. The molecule has 2 aromatic rings. The van der Waals surface area contributed by atoms with Crippen LogP contribution in [0.2, 0.25) is 0 Å². The molecule has 0 fully saturated rings. The van der Waals surface area contributed by atoms with Crippen molar-refractivity contribution in [3.8, 4) is 5.69 Å². The quantitative estimate of drug-likeness (QED) is 0.748. The summed E-state index contributed by atoms with van der Waals surface area (Å²) in [5.74, 6) is 0.543. The lowest BCUT2D eigenvalue weighted by molar-refractivity contribution is 0.852. The van der Waals surface area contributed by atoms with Crippen molar-refractivity contribution in [1.82, 2.24) is 14.8 Å². The van der Waals surface area contributed by atoms with Crippen molar-refractivity contribution in [2.24, 2.45) is 0 Å². The van der Waals surface area contributed by atoms with E-state index in [2.05, 4.69) is 49.2 Å². The van der Waals surface area contributed by atoms with E-state index in [-0.39, 0.29) is 0 Å². The van der Waals surface area contributed by atoms with Crippen molar-refractivity contribution in [3.63, 3.8) is 0 Å². The summed E-state index contributed by atoms with van der Waals surface area (Å²) in [6.07, 6.45) is 3.43. The van der Waals surface area contributed by atoms with Gasteiger partial charge in [0.05, 0.1) is 0 Å². The zero-order chi connectivity index (χ0) is 10.8. The Kier molecular flexibility index (Phi) is 2.54. The minimum atomic E-state index is 0.543. The molecule has 0 saturated heterocycles. The van der Waals surface area contributed by atoms with Gasteiger partial charge >= 0.3 is 0 Å². The summed E-state index contributed by atoms with van der Waals surface area (Å²) in [7, 11) is 0. The first-order valence-corrected chi connectivity index (χ1v) is 5.14. The Balaban J connectivity index is 2.48. The van der Waals surface area contributed by atoms with Crippen LogP contribution in [0, 0.1) is 6.92 Å². The zero-order valence-corrected chi connectivity index (χ0v) is 9.31. The lowest BCUT2D eigenvalue weighted by Gasteiger charge is -2.11. The van der Waals surface area contributed by atoms with Crippen LogP contribution in [0.25, 0.3) is 5.69 Å². The Hall–Kier alpha value is -1.64. The lowest BCUT2D eigenvalue weighted by atomic mass is 9.97. The van der Waals surface area contributed by atoms with Gasteiger partial charge in [-0.25, -0.2) is 0 Å². The van der Waals surface area contributed by atoms with Gasteiger partial charge in [-0.1, -0.05) is 19.9 Å². The number of hydrogen-bond acceptors (Lipinski definition) is 2. The maximum atomic E-state index is 3.81. The Bertz CT molecular complexity index is 444. The molecule has 0 aliphatic rings. The molecule has 0 atom stereocenters. The summed E-state index contributed by atoms with van der Waals surface area (Å²) in [5, 5.41) is 7.62. The van der Waals surface area contributed by atoms with Gasteiger partial charge in [-0.2, -0.15) is 0 Å². The fourth-order valence-electron chi connectivity index (χ4n) is 1.74. The average molecular weight is 201 g/mol. The SMILES string of the molecule is Cc1ccc(-n2cnnc2)cc1C(C)C. The summed E-state index contributed by atoms with van der Waals surface area (Å²) in [4.78, 5) is 0. The second kappa shape index (κ2) is 3.85. The molecular formula is C12H15N3. The number of benzene rings is 1. The minimum Gasteiger partial charge on any atom is -0.288 e. The summed E-state index contributed by atoms with van der Waals surface area (Å²) in [6, 6.07) is 6.43. The highest BCUT2D eigenvalue weighted by atomic mass is 15.2. The predicted molar refractivity (Wildman–Crippen MR) is 60.2 cm³/mol. The molecule has 0 aliphatic carbocycles. The van der Waals surface area contributed by atoms with Crippen LogP contribution in [0.4, 0.5) is 0 Å². The molecule has 1 heterocycles. The smallest absolute Gasteiger partial charge is 0.123 e. The number of aromatic nitrogens is 3. The van der Waals surface area contributed by atoms with Crippen LogP contribution in [0.3, 0.4) is 0 Å². The lowest BCUT2D eigenvalue weighted by Crippen LogP contribution is -1.96.